The monoisotopic (exact) mass is 327 g/mol. The molecule has 7 nitrogen and oxygen atoms in total. The van der Waals surface area contributed by atoms with E-state index in [1.54, 1.807) is 19.1 Å². The Kier molecular flexibility index (Phi) is 4.24. The molecule has 0 saturated carbocycles. The van der Waals surface area contributed by atoms with Crippen LogP contribution in [-0.2, 0) is 4.79 Å². The Bertz CT molecular complexity index is 863. The fraction of sp³-hybridized carbons (Fsp3) is 0.133. The number of hydrogen-bond acceptors (Lipinski definition) is 6. The van der Waals surface area contributed by atoms with Crippen LogP contribution in [0.25, 0.3) is 10.2 Å². The van der Waals surface area contributed by atoms with Crippen LogP contribution in [0.15, 0.2) is 36.8 Å². The Hall–Kier alpha value is -2.87. The number of benzene rings is 1. The van der Waals surface area contributed by atoms with Crippen molar-refractivity contribution in [2.45, 2.75) is 13.3 Å². The quantitative estimate of drug-likeness (QED) is 0.768. The number of carbonyl (C=O) groups is 2. The molecule has 23 heavy (non-hydrogen) atoms. The van der Waals surface area contributed by atoms with Crippen molar-refractivity contribution in [2.24, 2.45) is 0 Å². The minimum Gasteiger partial charge on any atom is -0.321 e. The van der Waals surface area contributed by atoms with Crippen LogP contribution in [0.5, 0.6) is 0 Å². The maximum atomic E-state index is 12.1. The number of fused-ring (bicyclic) bond motifs is 1. The zero-order valence-corrected chi connectivity index (χ0v) is 13.1. The molecule has 0 aliphatic heterocycles. The van der Waals surface area contributed by atoms with Crippen molar-refractivity contribution >= 4 is 44.2 Å². The summed E-state index contributed by atoms with van der Waals surface area (Å²) in [6, 6.07) is 5.38. The van der Waals surface area contributed by atoms with Gasteiger partial charge < -0.3 is 10.6 Å². The van der Waals surface area contributed by atoms with E-state index in [1.807, 2.05) is 6.07 Å². The summed E-state index contributed by atoms with van der Waals surface area (Å²) >= 11 is 1.39. The van der Waals surface area contributed by atoms with E-state index in [1.165, 1.54) is 29.9 Å². The Labute approximate surface area is 135 Å². The van der Waals surface area contributed by atoms with Gasteiger partial charge in [0.15, 0.2) is 5.13 Å². The lowest BCUT2D eigenvalue weighted by Crippen LogP contribution is -2.13. The largest absolute Gasteiger partial charge is 0.321 e. The van der Waals surface area contributed by atoms with Gasteiger partial charge in [-0.1, -0.05) is 18.3 Å². The van der Waals surface area contributed by atoms with E-state index in [2.05, 4.69) is 25.6 Å². The smallest absolute Gasteiger partial charge is 0.275 e. The second kappa shape index (κ2) is 6.49. The molecule has 8 heteroatoms. The van der Waals surface area contributed by atoms with Gasteiger partial charge in [-0.15, -0.1) is 0 Å². The molecule has 2 amide bonds. The number of nitrogens with one attached hydrogen (secondary N) is 2. The molecule has 0 spiro atoms. The summed E-state index contributed by atoms with van der Waals surface area (Å²) in [4.78, 5) is 35.6. The standard InChI is InChI=1S/C15H13N5O2S/c1-2-13(21)20-15-19-10-7-9(3-4-12(10)23-15)18-14(22)11-8-16-5-6-17-11/h3-8H,2H2,1H3,(H,18,22)(H,19,20,21). The van der Waals surface area contributed by atoms with Crippen molar-refractivity contribution in [2.75, 3.05) is 10.6 Å². The molecule has 0 aliphatic rings. The fourth-order valence-electron chi connectivity index (χ4n) is 1.88. The summed E-state index contributed by atoms with van der Waals surface area (Å²) < 4.78 is 0.925. The third kappa shape index (κ3) is 3.49. The number of hydrogen-bond donors (Lipinski definition) is 2. The van der Waals surface area contributed by atoms with Crippen LogP contribution in [0.2, 0.25) is 0 Å². The first-order valence-electron chi connectivity index (χ1n) is 6.93. The molecular formula is C15H13N5O2S. The maximum absolute atomic E-state index is 12.1. The van der Waals surface area contributed by atoms with Gasteiger partial charge in [0.2, 0.25) is 5.91 Å². The van der Waals surface area contributed by atoms with Crippen molar-refractivity contribution in [3.05, 3.63) is 42.5 Å². The average molecular weight is 327 g/mol. The lowest BCUT2D eigenvalue weighted by Gasteiger charge is -2.03. The molecule has 0 saturated heterocycles. The van der Waals surface area contributed by atoms with E-state index in [-0.39, 0.29) is 17.5 Å². The summed E-state index contributed by atoms with van der Waals surface area (Å²) in [5.74, 6) is -0.424. The molecular weight excluding hydrogens is 314 g/mol. The van der Waals surface area contributed by atoms with Crippen LogP contribution >= 0.6 is 11.3 Å². The van der Waals surface area contributed by atoms with Crippen molar-refractivity contribution in [1.82, 2.24) is 15.0 Å². The van der Waals surface area contributed by atoms with Gasteiger partial charge in [0.1, 0.15) is 5.69 Å². The van der Waals surface area contributed by atoms with E-state index in [9.17, 15) is 9.59 Å². The summed E-state index contributed by atoms with van der Waals surface area (Å²) in [5, 5.41) is 6.02. The predicted octanol–water partition coefficient (Wildman–Crippen LogP) is 2.69. The minimum atomic E-state index is -0.341. The molecule has 1 aromatic carbocycles. The number of anilines is 2. The second-order valence-electron chi connectivity index (χ2n) is 4.65. The van der Waals surface area contributed by atoms with Crippen molar-refractivity contribution in [3.63, 3.8) is 0 Å². The molecule has 0 bridgehead atoms. The Morgan fingerprint density at radius 2 is 2.09 bits per heavy atom. The van der Waals surface area contributed by atoms with Gasteiger partial charge in [-0.05, 0) is 18.2 Å². The molecule has 0 aliphatic carbocycles. The predicted molar refractivity (Wildman–Crippen MR) is 88.5 cm³/mol. The first-order valence-corrected chi connectivity index (χ1v) is 7.75. The zero-order valence-electron chi connectivity index (χ0n) is 12.2. The highest BCUT2D eigenvalue weighted by Gasteiger charge is 2.10. The van der Waals surface area contributed by atoms with Crippen molar-refractivity contribution in [3.8, 4) is 0 Å². The molecule has 116 valence electrons. The summed E-state index contributed by atoms with van der Waals surface area (Å²) in [6.07, 6.45) is 4.76. The van der Waals surface area contributed by atoms with Crippen LogP contribution in [-0.4, -0.2) is 26.8 Å². The highest BCUT2D eigenvalue weighted by atomic mass is 32.1. The first-order chi connectivity index (χ1) is 11.2. The van der Waals surface area contributed by atoms with E-state index >= 15 is 0 Å². The maximum Gasteiger partial charge on any atom is 0.275 e. The van der Waals surface area contributed by atoms with Crippen LogP contribution < -0.4 is 10.6 Å². The molecule has 0 unspecified atom stereocenters. The van der Waals surface area contributed by atoms with Gasteiger partial charge in [0, 0.05) is 24.5 Å². The van der Waals surface area contributed by atoms with E-state index in [0.29, 0.717) is 22.8 Å². The van der Waals surface area contributed by atoms with Gasteiger partial charge in [0.25, 0.3) is 5.91 Å². The highest BCUT2D eigenvalue weighted by molar-refractivity contribution is 7.22. The summed E-state index contributed by atoms with van der Waals surface area (Å²) in [5.41, 5.74) is 1.55. The second-order valence-corrected chi connectivity index (χ2v) is 5.68. The Morgan fingerprint density at radius 1 is 1.22 bits per heavy atom. The lowest BCUT2D eigenvalue weighted by molar-refractivity contribution is -0.115. The van der Waals surface area contributed by atoms with Crippen LogP contribution in [0.1, 0.15) is 23.8 Å². The van der Waals surface area contributed by atoms with Gasteiger partial charge in [-0.3, -0.25) is 14.6 Å². The van der Waals surface area contributed by atoms with E-state index in [4.69, 9.17) is 0 Å². The molecule has 3 aromatic rings. The van der Waals surface area contributed by atoms with Gasteiger partial charge in [-0.2, -0.15) is 0 Å². The number of amides is 2. The lowest BCUT2D eigenvalue weighted by atomic mass is 10.3. The number of thiazole rings is 1. The number of nitrogens with zero attached hydrogens (tertiary/aromatic N) is 3. The zero-order chi connectivity index (χ0) is 16.2. The molecule has 0 fully saturated rings. The van der Waals surface area contributed by atoms with Crippen LogP contribution in [0.3, 0.4) is 0 Å². The normalized spacial score (nSPS) is 10.5. The molecule has 3 rings (SSSR count). The summed E-state index contributed by atoms with van der Waals surface area (Å²) in [6.45, 7) is 1.78. The SMILES string of the molecule is CCC(=O)Nc1nc2cc(NC(=O)c3cnccn3)ccc2s1. The number of rotatable bonds is 4. The van der Waals surface area contributed by atoms with E-state index in [0.717, 1.165) is 4.70 Å². The highest BCUT2D eigenvalue weighted by Crippen LogP contribution is 2.28. The number of carbonyl (C=O) groups excluding carboxylic acids is 2. The van der Waals surface area contributed by atoms with Gasteiger partial charge in [-0.25, -0.2) is 9.97 Å². The molecule has 0 radical (unpaired) electrons. The Balaban J connectivity index is 1.80. The average Bonchev–Trinajstić information content (AvgIpc) is 2.96. The number of aromatic nitrogens is 3. The third-order valence-electron chi connectivity index (χ3n) is 3.01. The third-order valence-corrected chi connectivity index (χ3v) is 3.96. The first kappa shape index (κ1) is 15.0. The molecule has 0 atom stereocenters. The molecule has 2 N–H and O–H groups in total. The molecule has 2 heterocycles. The summed E-state index contributed by atoms with van der Waals surface area (Å²) in [7, 11) is 0. The fourth-order valence-corrected chi connectivity index (χ4v) is 2.74. The van der Waals surface area contributed by atoms with Crippen molar-refractivity contribution in [1.29, 1.82) is 0 Å². The van der Waals surface area contributed by atoms with Crippen molar-refractivity contribution < 1.29 is 9.59 Å². The Morgan fingerprint density at radius 3 is 2.83 bits per heavy atom. The van der Waals surface area contributed by atoms with Crippen LogP contribution in [0.4, 0.5) is 10.8 Å². The molecule has 2 aromatic heterocycles. The van der Waals surface area contributed by atoms with Gasteiger partial charge >= 0.3 is 0 Å². The van der Waals surface area contributed by atoms with Gasteiger partial charge in [0.05, 0.1) is 16.4 Å². The minimum absolute atomic E-state index is 0.0831. The topological polar surface area (TPSA) is 96.9 Å². The van der Waals surface area contributed by atoms with Crippen LogP contribution in [0, 0.1) is 0 Å². The van der Waals surface area contributed by atoms with E-state index < -0.39 is 0 Å².